The maximum atomic E-state index is 13.6. The topological polar surface area (TPSA) is 111 Å². The van der Waals surface area contributed by atoms with Crippen molar-refractivity contribution in [3.8, 4) is 0 Å². The Hall–Kier alpha value is -1.77. The molecule has 514 valence electrons. The van der Waals surface area contributed by atoms with Gasteiger partial charge in [0.2, 0.25) is 5.91 Å². The van der Waals surface area contributed by atoms with Crippen LogP contribution in [0.2, 0.25) is 0 Å². The summed E-state index contributed by atoms with van der Waals surface area (Å²) in [5.74, 6) is -0.479. The zero-order chi connectivity index (χ0) is 63.5. The van der Waals surface area contributed by atoms with Crippen molar-refractivity contribution in [3.63, 3.8) is 0 Å². The molecule has 1 amide bonds. The Labute approximate surface area is 542 Å². The summed E-state index contributed by atoms with van der Waals surface area (Å²) in [4.78, 5) is 38.0. The number of rotatable bonds is 71. The first-order valence-electron chi connectivity index (χ1n) is 38.3. The molecule has 9 nitrogen and oxygen atoms in total. The lowest BCUT2D eigenvalue weighted by atomic mass is 10.0. The Morgan fingerprint density at radius 1 is 0.402 bits per heavy atom. The first-order chi connectivity index (χ1) is 42.4. The largest absolute Gasteiger partial charge is 0.472 e. The highest BCUT2D eigenvalue weighted by Gasteiger charge is 2.30. The van der Waals surface area contributed by atoms with E-state index in [-0.39, 0.29) is 25.1 Å². The van der Waals surface area contributed by atoms with Crippen molar-refractivity contribution in [1.29, 1.82) is 0 Å². The lowest BCUT2D eigenvalue weighted by Crippen LogP contribution is -2.47. The van der Waals surface area contributed by atoms with Crippen molar-refractivity contribution in [3.05, 3.63) is 36.5 Å². The van der Waals surface area contributed by atoms with Crippen molar-refractivity contribution in [1.82, 2.24) is 5.32 Å². The smallest absolute Gasteiger partial charge is 0.456 e. The summed E-state index contributed by atoms with van der Waals surface area (Å²) >= 11 is 0. The molecule has 0 aliphatic heterocycles. The molecular formula is C77H150N2O7P+. The standard InChI is InChI=1S/C77H149N2O7P/c1-7-10-13-16-19-22-25-28-30-32-34-36-37-38-39-40-41-43-45-47-49-52-55-58-61-64-67-70-77(81)86-75(68-65-62-59-56-53-50-27-24-21-18-15-12-9-3)74(73-85-87(82,83)84-72-71-79(4,5)6)78-76(80)69-66-63-60-57-54-51-48-46-44-42-35-33-31-29-26-23-20-17-14-11-8-2/h19,22,28,30,65,68,74-75H,7-18,20-21,23-27,29,31-64,66-67,69-73H2,1-6H3,(H-,78,80,82,83)/p+1/b22-19-,30-28-,68-65+. The number of allylic oxidation sites excluding steroid dienone is 5. The van der Waals surface area contributed by atoms with Crippen LogP contribution >= 0.6 is 7.82 Å². The highest BCUT2D eigenvalue weighted by molar-refractivity contribution is 7.47. The highest BCUT2D eigenvalue weighted by atomic mass is 31.2. The number of carbonyl (C=O) groups is 2. The van der Waals surface area contributed by atoms with Crippen LogP contribution in [-0.2, 0) is 27.9 Å². The number of amides is 1. The van der Waals surface area contributed by atoms with Crippen LogP contribution in [0.15, 0.2) is 36.5 Å². The van der Waals surface area contributed by atoms with Crippen molar-refractivity contribution in [2.24, 2.45) is 0 Å². The van der Waals surface area contributed by atoms with Gasteiger partial charge < -0.3 is 19.4 Å². The molecule has 0 rings (SSSR count). The van der Waals surface area contributed by atoms with Gasteiger partial charge in [0.05, 0.1) is 33.8 Å². The van der Waals surface area contributed by atoms with Crippen LogP contribution in [0.5, 0.6) is 0 Å². The quantitative estimate of drug-likeness (QED) is 0.0205. The Morgan fingerprint density at radius 3 is 1.06 bits per heavy atom. The molecule has 3 atom stereocenters. The van der Waals surface area contributed by atoms with E-state index < -0.39 is 20.0 Å². The lowest BCUT2D eigenvalue weighted by Gasteiger charge is -2.27. The van der Waals surface area contributed by atoms with Gasteiger partial charge in [-0.25, -0.2) is 4.57 Å². The number of ether oxygens (including phenoxy) is 1. The molecule has 0 spiro atoms. The minimum absolute atomic E-state index is 0.0442. The summed E-state index contributed by atoms with van der Waals surface area (Å²) in [7, 11) is 1.52. The van der Waals surface area contributed by atoms with Gasteiger partial charge >= 0.3 is 13.8 Å². The van der Waals surface area contributed by atoms with Gasteiger partial charge in [-0.3, -0.25) is 18.6 Å². The van der Waals surface area contributed by atoms with Crippen LogP contribution < -0.4 is 5.32 Å². The Kier molecular flexibility index (Phi) is 65.8. The molecule has 0 saturated carbocycles. The summed E-state index contributed by atoms with van der Waals surface area (Å²) in [6, 6.07) is -0.844. The SMILES string of the molecule is CCCCC/C=C\C/C=C\CCCCCCCCCCCCCCCCCCCC(=O)OC(/C=C/CCCCCCCCCCCCC)C(COP(=O)(O)OCC[N+](C)(C)C)NC(=O)CCCCCCCCCCCCCCCCCCCCCCC. The molecule has 0 aromatic rings. The number of carbonyl (C=O) groups excluding carboxylic acids is 2. The molecule has 10 heteroatoms. The number of nitrogens with one attached hydrogen (secondary N) is 1. The summed E-state index contributed by atoms with van der Waals surface area (Å²) < 4.78 is 30.9. The van der Waals surface area contributed by atoms with Gasteiger partial charge in [-0.05, 0) is 63.9 Å². The number of hydrogen-bond acceptors (Lipinski definition) is 6. The molecule has 0 aliphatic carbocycles. The highest BCUT2D eigenvalue weighted by Crippen LogP contribution is 2.43. The minimum atomic E-state index is -4.45. The maximum absolute atomic E-state index is 13.6. The molecule has 0 saturated heterocycles. The van der Waals surface area contributed by atoms with Crippen molar-refractivity contribution in [2.75, 3.05) is 40.9 Å². The third-order valence-electron chi connectivity index (χ3n) is 17.6. The van der Waals surface area contributed by atoms with Gasteiger partial charge in [0.15, 0.2) is 0 Å². The maximum Gasteiger partial charge on any atom is 0.472 e. The van der Waals surface area contributed by atoms with Gasteiger partial charge in [0.25, 0.3) is 0 Å². The van der Waals surface area contributed by atoms with Gasteiger partial charge in [-0.2, -0.15) is 0 Å². The number of nitrogens with zero attached hydrogens (tertiary/aromatic N) is 1. The van der Waals surface area contributed by atoms with E-state index >= 15 is 0 Å². The Balaban J connectivity index is 4.97. The number of phosphoric ester groups is 1. The molecule has 0 radical (unpaired) electrons. The molecule has 0 aromatic heterocycles. The van der Waals surface area contributed by atoms with Crippen LogP contribution in [0.1, 0.15) is 393 Å². The molecule has 0 aromatic carbocycles. The summed E-state index contributed by atoms with van der Waals surface area (Å²) in [5, 5.41) is 3.09. The summed E-state index contributed by atoms with van der Waals surface area (Å²) in [6.07, 6.45) is 84.5. The number of likely N-dealkylation sites (N-methyl/N-ethyl adjacent to an activating group) is 1. The van der Waals surface area contributed by atoms with Crippen molar-refractivity contribution in [2.45, 2.75) is 405 Å². The third kappa shape index (κ3) is 68.4. The second-order valence-electron chi connectivity index (χ2n) is 27.5. The van der Waals surface area contributed by atoms with E-state index in [1.165, 1.54) is 295 Å². The first kappa shape index (κ1) is 85.2. The van der Waals surface area contributed by atoms with E-state index in [0.717, 1.165) is 64.2 Å². The van der Waals surface area contributed by atoms with Gasteiger partial charge in [-0.15, -0.1) is 0 Å². The molecule has 87 heavy (non-hydrogen) atoms. The van der Waals surface area contributed by atoms with Gasteiger partial charge in [0, 0.05) is 12.8 Å². The summed E-state index contributed by atoms with van der Waals surface area (Å²) in [5.41, 5.74) is 0. The zero-order valence-electron chi connectivity index (χ0n) is 59.0. The fourth-order valence-electron chi connectivity index (χ4n) is 11.7. The van der Waals surface area contributed by atoms with Gasteiger partial charge in [0.1, 0.15) is 19.3 Å². The summed E-state index contributed by atoms with van der Waals surface area (Å²) in [6.45, 7) is 7.07. The molecular weight excluding hydrogens is 1100 g/mol. The van der Waals surface area contributed by atoms with Crippen LogP contribution in [0.4, 0.5) is 0 Å². The second kappa shape index (κ2) is 67.1. The third-order valence-corrected chi connectivity index (χ3v) is 18.6. The fourth-order valence-corrected chi connectivity index (χ4v) is 12.4. The van der Waals surface area contributed by atoms with E-state index in [2.05, 4.69) is 56.5 Å². The van der Waals surface area contributed by atoms with Crippen molar-refractivity contribution >= 4 is 19.7 Å². The van der Waals surface area contributed by atoms with Crippen LogP contribution in [0.3, 0.4) is 0 Å². The number of unbranched alkanes of at least 4 members (excludes halogenated alkanes) is 51. The van der Waals surface area contributed by atoms with Crippen LogP contribution in [-0.4, -0.2) is 74.3 Å². The predicted molar refractivity (Wildman–Crippen MR) is 379 cm³/mol. The molecule has 0 aliphatic rings. The Bertz CT molecular complexity index is 1580. The molecule has 0 fully saturated rings. The first-order valence-corrected chi connectivity index (χ1v) is 39.8. The normalized spacial score (nSPS) is 13.6. The molecule has 0 heterocycles. The molecule has 3 unspecified atom stereocenters. The van der Waals surface area contributed by atoms with E-state index in [0.29, 0.717) is 23.9 Å². The zero-order valence-corrected chi connectivity index (χ0v) is 59.9. The van der Waals surface area contributed by atoms with E-state index in [9.17, 15) is 19.0 Å². The van der Waals surface area contributed by atoms with Gasteiger partial charge in [-0.1, -0.05) is 353 Å². The predicted octanol–water partition coefficient (Wildman–Crippen LogP) is 24.6. The Morgan fingerprint density at radius 2 is 0.701 bits per heavy atom. The lowest BCUT2D eigenvalue weighted by molar-refractivity contribution is -0.870. The number of esters is 1. The average Bonchev–Trinajstić information content (AvgIpc) is 3.70. The van der Waals surface area contributed by atoms with Crippen LogP contribution in [0.25, 0.3) is 0 Å². The number of phosphoric acid groups is 1. The second-order valence-corrected chi connectivity index (χ2v) is 29.0. The monoisotopic (exact) mass is 1250 g/mol. The molecule has 0 bridgehead atoms. The van der Waals surface area contributed by atoms with E-state index in [1.807, 2.05) is 27.2 Å². The number of quaternary nitrogens is 1. The van der Waals surface area contributed by atoms with Crippen molar-refractivity contribution < 1.29 is 37.3 Å². The van der Waals surface area contributed by atoms with E-state index in [4.69, 9.17) is 13.8 Å². The molecule has 2 N–H and O–H groups in total. The average molecular weight is 1250 g/mol. The van der Waals surface area contributed by atoms with E-state index in [1.54, 1.807) is 0 Å². The minimum Gasteiger partial charge on any atom is -0.456 e. The fraction of sp³-hybridized carbons (Fsp3) is 0.896. The number of hydrogen-bond donors (Lipinski definition) is 2. The van der Waals surface area contributed by atoms with Crippen LogP contribution in [0, 0.1) is 0 Å².